The summed E-state index contributed by atoms with van der Waals surface area (Å²) in [7, 11) is 0. The molecule has 10 heteroatoms. The lowest BCUT2D eigenvalue weighted by atomic mass is 10.0. The van der Waals surface area contributed by atoms with Gasteiger partial charge in [0.15, 0.2) is 11.0 Å². The molecule has 10 nitrogen and oxygen atoms in total. The number of amides is 3. The molecule has 0 bridgehead atoms. The van der Waals surface area contributed by atoms with Crippen molar-refractivity contribution in [1.82, 2.24) is 14.4 Å². The van der Waals surface area contributed by atoms with Gasteiger partial charge in [-0.1, -0.05) is 12.1 Å². The maximum absolute atomic E-state index is 13.1. The lowest BCUT2D eigenvalue weighted by Crippen LogP contribution is -2.42. The van der Waals surface area contributed by atoms with E-state index in [1.165, 1.54) is 4.90 Å². The molecule has 5 rings (SSSR count). The van der Waals surface area contributed by atoms with Crippen molar-refractivity contribution in [1.29, 1.82) is 0 Å². The molecule has 1 fully saturated rings. The van der Waals surface area contributed by atoms with Crippen LogP contribution >= 0.6 is 0 Å². The summed E-state index contributed by atoms with van der Waals surface area (Å²) in [4.78, 5) is 46.6. The standard InChI is InChI=1S/C33H41N6O4/c1-6-37-27-13-12-22(23(19-34)20-35-24-14-16-36(17-15-24)32(42)43-33(3,4)5)18-28(27)38(7-2)29(37)21-39-30(40)25-10-8-9-11-26(25)31(39)41/h8-13,18-20,24H,6-7,14-17,21,34H2,1-5H3/q+1/b23-19+,35-20?. The van der Waals surface area contributed by atoms with Crippen molar-refractivity contribution in [2.24, 2.45) is 10.7 Å². The number of piperidine rings is 1. The molecule has 0 spiro atoms. The van der Waals surface area contributed by atoms with Crippen molar-refractivity contribution in [3.05, 3.63) is 71.2 Å². The number of aryl methyl sites for hydroxylation is 2. The van der Waals surface area contributed by atoms with Crippen LogP contribution < -0.4 is 10.3 Å². The molecular weight excluding hydrogens is 544 g/mol. The first kappa shape index (κ1) is 30.0. The van der Waals surface area contributed by atoms with Crippen LogP contribution in [0.1, 0.15) is 79.6 Å². The number of carbonyl (C=O) groups excluding carboxylic acids is 3. The van der Waals surface area contributed by atoms with Gasteiger partial charge in [0, 0.05) is 31.1 Å². The molecule has 0 radical (unpaired) electrons. The van der Waals surface area contributed by atoms with Gasteiger partial charge in [0.1, 0.15) is 12.1 Å². The highest BCUT2D eigenvalue weighted by molar-refractivity contribution is 6.21. The van der Waals surface area contributed by atoms with Crippen molar-refractivity contribution in [3.63, 3.8) is 0 Å². The largest absolute Gasteiger partial charge is 0.444 e. The molecular formula is C33H41N6O4+. The van der Waals surface area contributed by atoms with Gasteiger partial charge in [0.2, 0.25) is 0 Å². The average Bonchev–Trinajstić information content (AvgIpc) is 3.42. The second-order valence-corrected chi connectivity index (χ2v) is 11.9. The molecule has 1 aromatic heterocycles. The smallest absolute Gasteiger partial charge is 0.410 e. The van der Waals surface area contributed by atoms with E-state index in [-0.39, 0.29) is 30.5 Å². The second-order valence-electron chi connectivity index (χ2n) is 11.9. The van der Waals surface area contributed by atoms with Crippen molar-refractivity contribution >= 4 is 40.7 Å². The molecule has 3 aromatic rings. The summed E-state index contributed by atoms with van der Waals surface area (Å²) in [5.41, 5.74) is 10.2. The number of aliphatic imine (C=N–C) groups is 1. The fraction of sp³-hybridized carbons (Fsp3) is 0.424. The van der Waals surface area contributed by atoms with Crippen molar-refractivity contribution in [3.8, 4) is 0 Å². The highest BCUT2D eigenvalue weighted by atomic mass is 16.6. The molecule has 2 aliphatic rings. The summed E-state index contributed by atoms with van der Waals surface area (Å²) in [5, 5.41) is 0. The number of hydrogen-bond acceptors (Lipinski definition) is 6. The number of ether oxygens (including phenoxy) is 1. The molecule has 1 saturated heterocycles. The van der Waals surface area contributed by atoms with Crippen LogP contribution in [0.5, 0.6) is 0 Å². The Hall–Kier alpha value is -4.47. The molecule has 43 heavy (non-hydrogen) atoms. The average molecular weight is 586 g/mol. The third kappa shape index (κ3) is 5.91. The normalized spacial score (nSPS) is 16.5. The molecule has 2 aliphatic heterocycles. The highest BCUT2D eigenvalue weighted by Gasteiger charge is 2.38. The lowest BCUT2D eigenvalue weighted by molar-refractivity contribution is -0.677. The molecule has 226 valence electrons. The lowest BCUT2D eigenvalue weighted by Gasteiger charge is -2.32. The van der Waals surface area contributed by atoms with Gasteiger partial charge in [-0.3, -0.25) is 19.5 Å². The SMILES string of the molecule is CCn1c(CN2C(=O)c3ccccc3C2=O)[n+](CC)c2ccc(/C(C=NC3CCN(C(=O)OC(C)(C)C)CC3)=C/N)cc21. The van der Waals surface area contributed by atoms with Crippen LogP contribution in [0.3, 0.4) is 0 Å². The summed E-state index contributed by atoms with van der Waals surface area (Å²) in [6.45, 7) is 12.5. The van der Waals surface area contributed by atoms with E-state index in [9.17, 15) is 14.4 Å². The maximum atomic E-state index is 13.1. The van der Waals surface area contributed by atoms with E-state index in [4.69, 9.17) is 15.5 Å². The summed E-state index contributed by atoms with van der Waals surface area (Å²) in [6.07, 6.45) is 4.61. The van der Waals surface area contributed by atoms with Gasteiger partial charge in [0.05, 0.1) is 30.3 Å². The van der Waals surface area contributed by atoms with E-state index < -0.39 is 5.60 Å². The first-order valence-corrected chi connectivity index (χ1v) is 15.0. The van der Waals surface area contributed by atoms with E-state index in [1.54, 1.807) is 35.4 Å². The zero-order chi connectivity index (χ0) is 30.9. The number of hydrogen-bond donors (Lipinski definition) is 1. The predicted octanol–water partition coefficient (Wildman–Crippen LogP) is 4.53. The van der Waals surface area contributed by atoms with Gasteiger partial charge >= 0.3 is 6.09 Å². The quantitative estimate of drug-likeness (QED) is 0.249. The van der Waals surface area contributed by atoms with Crippen LogP contribution in [-0.4, -0.2) is 63.2 Å². The first-order valence-electron chi connectivity index (χ1n) is 15.0. The van der Waals surface area contributed by atoms with E-state index in [2.05, 4.69) is 35.1 Å². The van der Waals surface area contributed by atoms with Crippen molar-refractivity contribution in [2.45, 2.75) is 78.7 Å². The summed E-state index contributed by atoms with van der Waals surface area (Å²) >= 11 is 0. The number of fused-ring (bicyclic) bond motifs is 2. The number of nitrogens with two attached hydrogens (primary N) is 1. The summed E-state index contributed by atoms with van der Waals surface area (Å²) < 4.78 is 9.82. The van der Waals surface area contributed by atoms with Gasteiger partial charge in [-0.25, -0.2) is 13.9 Å². The molecule has 0 unspecified atom stereocenters. The van der Waals surface area contributed by atoms with E-state index in [0.29, 0.717) is 37.3 Å². The van der Waals surface area contributed by atoms with Gasteiger partial charge in [-0.2, -0.15) is 0 Å². The van der Waals surface area contributed by atoms with Gasteiger partial charge < -0.3 is 15.4 Å². The molecule has 3 heterocycles. The number of imidazole rings is 1. The number of likely N-dealkylation sites (tertiary alicyclic amines) is 1. The minimum absolute atomic E-state index is 0.0883. The van der Waals surface area contributed by atoms with Crippen LogP contribution in [-0.2, 0) is 24.4 Å². The Morgan fingerprint density at radius 1 is 1.07 bits per heavy atom. The summed E-state index contributed by atoms with van der Waals surface area (Å²) in [6, 6.07) is 13.2. The highest BCUT2D eigenvalue weighted by Crippen LogP contribution is 2.27. The van der Waals surface area contributed by atoms with Gasteiger partial charge in [-0.15, -0.1) is 0 Å². The van der Waals surface area contributed by atoms with Gasteiger partial charge in [0.25, 0.3) is 17.6 Å². The third-order valence-corrected chi connectivity index (χ3v) is 8.04. The Morgan fingerprint density at radius 2 is 1.72 bits per heavy atom. The van der Waals surface area contributed by atoms with E-state index >= 15 is 0 Å². The number of imide groups is 1. The van der Waals surface area contributed by atoms with E-state index in [1.807, 2.05) is 33.1 Å². The maximum Gasteiger partial charge on any atom is 0.410 e. The number of allylic oxidation sites excluding steroid dienone is 1. The van der Waals surface area contributed by atoms with Crippen LogP contribution in [0.2, 0.25) is 0 Å². The molecule has 0 atom stereocenters. The Labute approximate surface area is 252 Å². The Morgan fingerprint density at radius 3 is 2.28 bits per heavy atom. The zero-order valence-corrected chi connectivity index (χ0v) is 25.7. The monoisotopic (exact) mass is 585 g/mol. The first-order chi connectivity index (χ1) is 20.6. The fourth-order valence-corrected chi connectivity index (χ4v) is 5.90. The molecule has 0 saturated carbocycles. The third-order valence-electron chi connectivity index (χ3n) is 8.04. The number of nitrogens with zero attached hydrogens (tertiary/aromatic N) is 5. The van der Waals surface area contributed by atoms with Crippen LogP contribution in [0.15, 0.2) is 53.7 Å². The van der Waals surface area contributed by atoms with Crippen molar-refractivity contribution in [2.75, 3.05) is 13.1 Å². The van der Waals surface area contributed by atoms with Crippen LogP contribution in [0.4, 0.5) is 4.79 Å². The van der Waals surface area contributed by atoms with Crippen LogP contribution in [0.25, 0.3) is 16.6 Å². The fourth-order valence-electron chi connectivity index (χ4n) is 5.90. The minimum Gasteiger partial charge on any atom is -0.444 e. The molecule has 0 aliphatic carbocycles. The Kier molecular flexibility index (Phi) is 8.39. The predicted molar refractivity (Wildman–Crippen MR) is 166 cm³/mol. The van der Waals surface area contributed by atoms with Crippen LogP contribution in [0, 0.1) is 0 Å². The number of carbonyl (C=O) groups is 3. The molecule has 2 N–H and O–H groups in total. The molecule has 2 aromatic carbocycles. The Balaban J connectivity index is 1.36. The van der Waals surface area contributed by atoms with Crippen molar-refractivity contribution < 1.29 is 23.7 Å². The number of aromatic nitrogens is 2. The number of rotatable bonds is 7. The Bertz CT molecular complexity index is 1590. The van der Waals surface area contributed by atoms with E-state index in [0.717, 1.165) is 40.8 Å². The van der Waals surface area contributed by atoms with Gasteiger partial charge in [-0.05, 0) is 83.4 Å². The minimum atomic E-state index is -0.516. The number of benzene rings is 2. The topological polar surface area (TPSA) is 114 Å². The molecule has 3 amide bonds. The second kappa shape index (κ2) is 12.0. The summed E-state index contributed by atoms with van der Waals surface area (Å²) in [5.74, 6) is 0.354. The zero-order valence-electron chi connectivity index (χ0n) is 25.7.